The highest BCUT2D eigenvalue weighted by molar-refractivity contribution is 8.14. The van der Waals surface area contributed by atoms with Gasteiger partial charge >= 0.3 is 0 Å². The average molecular weight is 210 g/mol. The smallest absolute Gasteiger partial charge is 0.161 e. The van der Waals surface area contributed by atoms with Gasteiger partial charge in [-0.25, -0.2) is 0 Å². The van der Waals surface area contributed by atoms with Crippen molar-refractivity contribution in [2.45, 2.75) is 19.9 Å². The quantitative estimate of drug-likeness (QED) is 0.766. The number of hydrogen-bond acceptors (Lipinski definition) is 4. The summed E-state index contributed by atoms with van der Waals surface area (Å²) in [6.45, 7) is 4.11. The normalized spacial score (nSPS) is 21.1. The Kier molecular flexibility index (Phi) is 2.50. The van der Waals surface area contributed by atoms with Crippen LogP contribution in [-0.2, 0) is 7.05 Å². The van der Waals surface area contributed by atoms with Gasteiger partial charge in [0.15, 0.2) is 5.17 Å². The van der Waals surface area contributed by atoms with E-state index in [0.717, 1.165) is 22.3 Å². The fourth-order valence-electron chi connectivity index (χ4n) is 1.38. The Morgan fingerprint density at radius 3 is 2.93 bits per heavy atom. The van der Waals surface area contributed by atoms with Crippen molar-refractivity contribution in [2.24, 2.45) is 12.0 Å². The van der Waals surface area contributed by atoms with Gasteiger partial charge in [0.05, 0.1) is 17.4 Å². The van der Waals surface area contributed by atoms with Crippen LogP contribution in [0.2, 0.25) is 0 Å². The number of thioether (sulfide) groups is 1. The maximum atomic E-state index is 4.47. The first-order valence-corrected chi connectivity index (χ1v) is 5.61. The summed E-state index contributed by atoms with van der Waals surface area (Å²) in [7, 11) is 1.92. The molecule has 1 aliphatic heterocycles. The Bertz CT molecular complexity index is 369. The van der Waals surface area contributed by atoms with Gasteiger partial charge in [-0.05, 0) is 13.8 Å². The highest BCUT2D eigenvalue weighted by Crippen LogP contribution is 2.21. The van der Waals surface area contributed by atoms with Gasteiger partial charge in [0, 0.05) is 19.0 Å². The molecule has 0 saturated carbocycles. The zero-order chi connectivity index (χ0) is 10.1. The number of hydrogen-bond donors (Lipinski definition) is 1. The maximum Gasteiger partial charge on any atom is 0.161 e. The Balaban J connectivity index is 2.11. The second-order valence-electron chi connectivity index (χ2n) is 3.52. The molecule has 14 heavy (non-hydrogen) atoms. The molecule has 4 nitrogen and oxygen atoms in total. The minimum atomic E-state index is 0.430. The van der Waals surface area contributed by atoms with Crippen molar-refractivity contribution >= 4 is 22.6 Å². The van der Waals surface area contributed by atoms with E-state index in [-0.39, 0.29) is 0 Å². The van der Waals surface area contributed by atoms with E-state index in [9.17, 15) is 0 Å². The van der Waals surface area contributed by atoms with Crippen molar-refractivity contribution in [2.75, 3.05) is 11.1 Å². The van der Waals surface area contributed by atoms with Gasteiger partial charge in [-0.2, -0.15) is 5.10 Å². The molecule has 0 aromatic carbocycles. The van der Waals surface area contributed by atoms with Gasteiger partial charge in [-0.15, -0.1) is 0 Å². The fraction of sp³-hybridized carbons (Fsp3) is 0.556. The van der Waals surface area contributed by atoms with E-state index >= 15 is 0 Å². The highest BCUT2D eigenvalue weighted by atomic mass is 32.2. The van der Waals surface area contributed by atoms with E-state index < -0.39 is 0 Å². The maximum absolute atomic E-state index is 4.47. The molecule has 1 aromatic heterocycles. The molecule has 1 N–H and O–H groups in total. The first-order valence-electron chi connectivity index (χ1n) is 4.63. The van der Waals surface area contributed by atoms with Crippen molar-refractivity contribution in [1.29, 1.82) is 0 Å². The molecule has 1 atom stereocenters. The number of aliphatic imine (C=N–C) groups is 1. The highest BCUT2D eigenvalue weighted by Gasteiger charge is 2.15. The number of aromatic nitrogens is 2. The van der Waals surface area contributed by atoms with Crippen molar-refractivity contribution in [3.8, 4) is 0 Å². The SMILES string of the molecule is Cc1nn(C)cc1NC1=NC(C)CS1. The number of rotatable bonds is 1. The third-order valence-corrected chi connectivity index (χ3v) is 3.18. The molecule has 0 radical (unpaired) electrons. The van der Waals surface area contributed by atoms with Gasteiger partial charge in [-0.3, -0.25) is 9.67 Å². The van der Waals surface area contributed by atoms with Crippen LogP contribution in [0.1, 0.15) is 12.6 Å². The van der Waals surface area contributed by atoms with Crippen LogP contribution in [0.15, 0.2) is 11.2 Å². The van der Waals surface area contributed by atoms with Gasteiger partial charge in [0.2, 0.25) is 0 Å². The van der Waals surface area contributed by atoms with Crippen LogP contribution in [0.5, 0.6) is 0 Å². The van der Waals surface area contributed by atoms with E-state index in [4.69, 9.17) is 0 Å². The van der Waals surface area contributed by atoms with Gasteiger partial charge in [-0.1, -0.05) is 11.8 Å². The lowest BCUT2D eigenvalue weighted by molar-refractivity contribution is 0.756. The molecular weight excluding hydrogens is 196 g/mol. The third-order valence-electron chi connectivity index (χ3n) is 2.05. The standard InChI is InChI=1S/C9H14N4S/c1-6-5-14-9(10-6)11-8-4-13(3)12-7(8)2/h4,6H,5H2,1-3H3,(H,10,11). The van der Waals surface area contributed by atoms with Gasteiger partial charge in [0.1, 0.15) is 0 Å². The zero-order valence-corrected chi connectivity index (χ0v) is 9.43. The largest absolute Gasteiger partial charge is 0.332 e. The molecule has 1 unspecified atom stereocenters. The predicted octanol–water partition coefficient (Wildman–Crippen LogP) is 1.63. The Hall–Kier alpha value is -0.970. The molecule has 1 aromatic rings. The van der Waals surface area contributed by atoms with Crippen LogP contribution in [-0.4, -0.2) is 26.7 Å². The number of anilines is 1. The van der Waals surface area contributed by atoms with E-state index in [0.29, 0.717) is 6.04 Å². The Morgan fingerprint density at radius 2 is 2.43 bits per heavy atom. The lowest BCUT2D eigenvalue weighted by atomic mass is 10.4. The molecule has 0 saturated heterocycles. The van der Waals surface area contributed by atoms with Gasteiger partial charge in [0.25, 0.3) is 0 Å². The lowest BCUT2D eigenvalue weighted by Crippen LogP contribution is -2.05. The summed E-state index contributed by atoms with van der Waals surface area (Å²) in [5, 5.41) is 8.56. The summed E-state index contributed by atoms with van der Waals surface area (Å²) in [6.07, 6.45) is 1.97. The minimum absolute atomic E-state index is 0.430. The lowest BCUT2D eigenvalue weighted by Gasteiger charge is -2.01. The van der Waals surface area contributed by atoms with Gasteiger partial charge < -0.3 is 5.32 Å². The summed E-state index contributed by atoms with van der Waals surface area (Å²) in [5.74, 6) is 1.07. The van der Waals surface area contributed by atoms with Crippen LogP contribution in [0.25, 0.3) is 0 Å². The average Bonchev–Trinajstić information content (AvgIpc) is 2.61. The summed E-state index contributed by atoms with van der Waals surface area (Å²) in [4.78, 5) is 4.47. The fourth-order valence-corrected chi connectivity index (χ4v) is 2.29. The second kappa shape index (κ2) is 3.65. The van der Waals surface area contributed by atoms with Crippen LogP contribution < -0.4 is 5.32 Å². The van der Waals surface area contributed by atoms with Crippen molar-refractivity contribution in [1.82, 2.24) is 9.78 Å². The molecule has 1 aliphatic rings. The molecule has 0 spiro atoms. The molecule has 2 heterocycles. The van der Waals surface area contributed by atoms with Crippen molar-refractivity contribution < 1.29 is 0 Å². The monoisotopic (exact) mass is 210 g/mol. The van der Waals surface area contributed by atoms with Crippen LogP contribution in [0.4, 0.5) is 5.69 Å². The Labute approximate surface area is 87.8 Å². The first-order chi connectivity index (χ1) is 6.65. The topological polar surface area (TPSA) is 42.2 Å². The van der Waals surface area contributed by atoms with Crippen molar-refractivity contribution in [3.05, 3.63) is 11.9 Å². The molecule has 0 aliphatic carbocycles. The molecule has 0 amide bonds. The summed E-state index contributed by atoms with van der Waals surface area (Å²) in [5.41, 5.74) is 2.06. The number of amidine groups is 1. The molecule has 76 valence electrons. The molecular formula is C9H14N4S. The van der Waals surface area contributed by atoms with E-state index in [2.05, 4.69) is 22.3 Å². The first kappa shape index (κ1) is 9.58. The molecule has 5 heteroatoms. The summed E-state index contributed by atoms with van der Waals surface area (Å²) >= 11 is 1.77. The summed E-state index contributed by atoms with van der Waals surface area (Å²) in [6, 6.07) is 0.430. The van der Waals surface area contributed by atoms with Crippen LogP contribution in [0, 0.1) is 6.92 Å². The number of nitrogens with one attached hydrogen (secondary N) is 1. The number of nitrogens with zero attached hydrogens (tertiary/aromatic N) is 3. The second-order valence-corrected chi connectivity index (χ2v) is 4.53. The molecule has 0 bridgehead atoms. The molecule has 2 rings (SSSR count). The van der Waals surface area contributed by atoms with E-state index in [1.165, 1.54) is 0 Å². The summed E-state index contributed by atoms with van der Waals surface area (Å²) < 4.78 is 1.81. The predicted molar refractivity (Wildman–Crippen MR) is 60.9 cm³/mol. The minimum Gasteiger partial charge on any atom is -0.332 e. The van der Waals surface area contributed by atoms with Crippen LogP contribution in [0.3, 0.4) is 0 Å². The van der Waals surface area contributed by atoms with E-state index in [1.807, 2.05) is 20.2 Å². The van der Waals surface area contributed by atoms with Crippen molar-refractivity contribution in [3.63, 3.8) is 0 Å². The van der Waals surface area contributed by atoms with E-state index in [1.54, 1.807) is 16.4 Å². The number of aryl methyl sites for hydroxylation is 2. The van der Waals surface area contributed by atoms with Crippen LogP contribution >= 0.6 is 11.8 Å². The molecule has 0 fully saturated rings. The zero-order valence-electron chi connectivity index (χ0n) is 8.61. The third kappa shape index (κ3) is 1.92. The Morgan fingerprint density at radius 1 is 1.64 bits per heavy atom.